The molecule has 198 valence electrons. The summed E-state index contributed by atoms with van der Waals surface area (Å²) in [6.45, 7) is 3.19. The summed E-state index contributed by atoms with van der Waals surface area (Å²) in [6, 6.07) is 17.4. The molecule has 0 bridgehead atoms. The van der Waals surface area contributed by atoms with Gasteiger partial charge in [-0.3, -0.25) is 14.6 Å². The Morgan fingerprint density at radius 1 is 0.842 bits per heavy atom. The van der Waals surface area contributed by atoms with Gasteiger partial charge in [0.05, 0.1) is 15.1 Å². The fourth-order valence-corrected chi connectivity index (χ4v) is 5.99. The first-order valence-corrected chi connectivity index (χ1v) is 14.0. The molecule has 0 spiro atoms. The third-order valence-corrected chi connectivity index (χ3v) is 8.67. The van der Waals surface area contributed by atoms with Crippen molar-refractivity contribution in [3.8, 4) is 11.1 Å². The molecule has 3 heterocycles. The summed E-state index contributed by atoms with van der Waals surface area (Å²) in [4.78, 5) is 34.8. The van der Waals surface area contributed by atoms with Crippen LogP contribution in [0.25, 0.3) is 11.1 Å². The predicted octanol–water partition coefficient (Wildman–Crippen LogP) is 6.21. The normalized spacial score (nSPS) is 17.4. The molecule has 3 aromatic rings. The Morgan fingerprint density at radius 3 is 2.16 bits per heavy atom. The van der Waals surface area contributed by atoms with Gasteiger partial charge in [0.15, 0.2) is 0 Å². The first-order chi connectivity index (χ1) is 18.4. The van der Waals surface area contributed by atoms with Crippen LogP contribution in [-0.4, -0.2) is 64.9 Å². The van der Waals surface area contributed by atoms with E-state index in [2.05, 4.69) is 15.2 Å². The number of amides is 2. The van der Waals surface area contributed by atoms with Crippen LogP contribution in [0.2, 0.25) is 15.1 Å². The third kappa shape index (κ3) is 5.99. The molecular weight excluding hydrogens is 543 g/mol. The van der Waals surface area contributed by atoms with E-state index in [0.717, 1.165) is 49.9 Å². The van der Waals surface area contributed by atoms with Crippen molar-refractivity contribution in [2.75, 3.05) is 26.2 Å². The van der Waals surface area contributed by atoms with Gasteiger partial charge in [0.25, 0.3) is 11.8 Å². The molecule has 2 amide bonds. The summed E-state index contributed by atoms with van der Waals surface area (Å²) in [5, 5.41) is 4.04. The average Bonchev–Trinajstić information content (AvgIpc) is 2.96. The van der Waals surface area contributed by atoms with Crippen LogP contribution in [-0.2, 0) is 0 Å². The highest BCUT2D eigenvalue weighted by Crippen LogP contribution is 2.32. The summed E-state index contributed by atoms with van der Waals surface area (Å²) >= 11 is 18.3. The Morgan fingerprint density at radius 2 is 1.50 bits per heavy atom. The molecule has 2 aromatic carbocycles. The van der Waals surface area contributed by atoms with Gasteiger partial charge >= 0.3 is 0 Å². The zero-order chi connectivity index (χ0) is 26.6. The number of nitrogens with one attached hydrogen (secondary N) is 1. The van der Waals surface area contributed by atoms with Crippen molar-refractivity contribution >= 4 is 46.6 Å². The fourth-order valence-electron chi connectivity index (χ4n) is 5.40. The molecule has 0 unspecified atom stereocenters. The number of carbonyl (C=O) groups excluding carboxylic acids is 2. The van der Waals surface area contributed by atoms with E-state index in [1.807, 2.05) is 47.4 Å². The van der Waals surface area contributed by atoms with E-state index < -0.39 is 0 Å². The van der Waals surface area contributed by atoms with E-state index in [-0.39, 0.29) is 32.9 Å². The maximum Gasteiger partial charge on any atom is 0.270 e. The van der Waals surface area contributed by atoms with Gasteiger partial charge in [0.2, 0.25) is 0 Å². The van der Waals surface area contributed by atoms with Crippen molar-refractivity contribution < 1.29 is 9.59 Å². The number of halogens is 3. The predicted molar refractivity (Wildman–Crippen MR) is 152 cm³/mol. The molecule has 1 N–H and O–H groups in total. The second kappa shape index (κ2) is 12.0. The molecule has 2 aliphatic heterocycles. The van der Waals surface area contributed by atoms with Crippen LogP contribution in [0, 0.1) is 0 Å². The van der Waals surface area contributed by atoms with Gasteiger partial charge in [0, 0.05) is 55.6 Å². The van der Waals surface area contributed by atoms with Gasteiger partial charge in [-0.05, 0) is 49.4 Å². The summed E-state index contributed by atoms with van der Waals surface area (Å²) < 4.78 is 0. The van der Waals surface area contributed by atoms with Crippen LogP contribution in [0.15, 0.2) is 60.8 Å². The number of benzene rings is 2. The first kappa shape index (κ1) is 26.9. The Balaban J connectivity index is 1.12. The van der Waals surface area contributed by atoms with Crippen molar-refractivity contribution in [3.05, 3.63) is 87.1 Å². The van der Waals surface area contributed by atoms with Crippen LogP contribution in [0.5, 0.6) is 0 Å². The summed E-state index contributed by atoms with van der Waals surface area (Å²) in [7, 11) is 0. The molecule has 0 radical (unpaired) electrons. The van der Waals surface area contributed by atoms with Crippen molar-refractivity contribution in [3.63, 3.8) is 0 Å². The largest absolute Gasteiger partial charge is 0.348 e. The second-order valence-electron chi connectivity index (χ2n) is 9.83. The van der Waals surface area contributed by atoms with Crippen molar-refractivity contribution in [2.45, 2.75) is 37.8 Å². The maximum absolute atomic E-state index is 13.1. The van der Waals surface area contributed by atoms with Gasteiger partial charge in [-0.15, -0.1) is 0 Å². The van der Waals surface area contributed by atoms with E-state index in [9.17, 15) is 9.59 Å². The highest BCUT2D eigenvalue weighted by atomic mass is 35.5. The number of rotatable bonds is 5. The Labute approximate surface area is 237 Å². The molecule has 5 rings (SSSR count). The van der Waals surface area contributed by atoms with Crippen LogP contribution >= 0.6 is 34.8 Å². The van der Waals surface area contributed by atoms with Gasteiger partial charge in [-0.25, -0.2) is 0 Å². The molecule has 6 nitrogen and oxygen atoms in total. The van der Waals surface area contributed by atoms with Crippen LogP contribution < -0.4 is 5.32 Å². The standard InChI is InChI=1S/C29H29Cl3N4O2/c30-24-17-20(18-25(31)26(24)32)29(38)36-15-10-22(11-16-36)35-13-8-21(9-14-35)34-28(37)27-23(7-4-12-33-27)19-5-2-1-3-6-19/h1-7,12,17-18,21-22H,8-11,13-16H2,(H,34,37). The Bertz CT molecular complexity index is 1280. The molecule has 0 aliphatic carbocycles. The third-order valence-electron chi connectivity index (χ3n) is 7.47. The maximum atomic E-state index is 13.1. The van der Waals surface area contributed by atoms with E-state index >= 15 is 0 Å². The highest BCUT2D eigenvalue weighted by Gasteiger charge is 2.31. The fraction of sp³-hybridized carbons (Fsp3) is 0.345. The number of carbonyl (C=O) groups is 2. The molecule has 2 saturated heterocycles. The summed E-state index contributed by atoms with van der Waals surface area (Å²) in [5.74, 6) is -0.202. The quantitative estimate of drug-likeness (QED) is 0.370. The highest BCUT2D eigenvalue weighted by molar-refractivity contribution is 6.48. The average molecular weight is 572 g/mol. The number of hydrogen-bond donors (Lipinski definition) is 1. The molecule has 9 heteroatoms. The zero-order valence-electron chi connectivity index (χ0n) is 20.9. The molecule has 38 heavy (non-hydrogen) atoms. The minimum absolute atomic E-state index is 0.0743. The van der Waals surface area contributed by atoms with Gasteiger partial charge in [-0.1, -0.05) is 71.2 Å². The number of aromatic nitrogens is 1. The molecule has 1 aromatic heterocycles. The molecule has 2 aliphatic rings. The smallest absolute Gasteiger partial charge is 0.270 e. The van der Waals surface area contributed by atoms with E-state index in [1.165, 1.54) is 0 Å². The van der Waals surface area contributed by atoms with Crippen molar-refractivity contribution in [1.29, 1.82) is 0 Å². The lowest BCUT2D eigenvalue weighted by Gasteiger charge is -2.42. The van der Waals surface area contributed by atoms with Crippen LogP contribution in [0.3, 0.4) is 0 Å². The zero-order valence-corrected chi connectivity index (χ0v) is 23.1. The Kier molecular flexibility index (Phi) is 8.54. The van der Waals surface area contributed by atoms with Crippen LogP contribution in [0.4, 0.5) is 0 Å². The lowest BCUT2D eigenvalue weighted by Crippen LogP contribution is -2.51. The minimum Gasteiger partial charge on any atom is -0.348 e. The van der Waals surface area contributed by atoms with Gasteiger partial charge < -0.3 is 15.1 Å². The SMILES string of the molecule is O=C(NC1CCN(C2CCN(C(=O)c3cc(Cl)c(Cl)c(Cl)c3)CC2)CC1)c1ncccc1-c1ccccc1. The van der Waals surface area contributed by atoms with E-state index in [0.29, 0.717) is 30.4 Å². The van der Waals surface area contributed by atoms with E-state index in [1.54, 1.807) is 18.3 Å². The monoisotopic (exact) mass is 570 g/mol. The summed E-state index contributed by atoms with van der Waals surface area (Å²) in [5.41, 5.74) is 2.74. The number of pyridine rings is 1. The molecular formula is C29H29Cl3N4O2. The Hall–Kier alpha value is -2.64. The van der Waals surface area contributed by atoms with Gasteiger partial charge in [0.1, 0.15) is 5.69 Å². The van der Waals surface area contributed by atoms with Crippen molar-refractivity contribution in [2.24, 2.45) is 0 Å². The van der Waals surface area contributed by atoms with Crippen LogP contribution in [0.1, 0.15) is 46.5 Å². The number of likely N-dealkylation sites (tertiary alicyclic amines) is 2. The molecule has 0 saturated carbocycles. The number of hydrogen-bond acceptors (Lipinski definition) is 4. The van der Waals surface area contributed by atoms with E-state index in [4.69, 9.17) is 34.8 Å². The lowest BCUT2D eigenvalue weighted by atomic mass is 9.97. The molecule has 2 fully saturated rings. The summed E-state index contributed by atoms with van der Waals surface area (Å²) in [6.07, 6.45) is 5.26. The van der Waals surface area contributed by atoms with Gasteiger partial charge in [-0.2, -0.15) is 0 Å². The topological polar surface area (TPSA) is 65.5 Å². The lowest BCUT2D eigenvalue weighted by molar-refractivity contribution is 0.0566. The minimum atomic E-state index is -0.128. The second-order valence-corrected chi connectivity index (χ2v) is 11.0. The first-order valence-electron chi connectivity index (χ1n) is 12.9. The van der Waals surface area contributed by atoms with Crippen molar-refractivity contribution in [1.82, 2.24) is 20.1 Å². The molecule has 0 atom stereocenters. The number of nitrogens with zero attached hydrogens (tertiary/aromatic N) is 3. The number of piperidine rings is 2.